The molecule has 0 saturated carbocycles. The maximum absolute atomic E-state index is 10.9. The van der Waals surface area contributed by atoms with E-state index in [9.17, 15) is 9.59 Å². The number of nitrogens with zero attached hydrogens (tertiary/aromatic N) is 1. The van der Waals surface area contributed by atoms with Gasteiger partial charge in [0.1, 0.15) is 16.9 Å². The van der Waals surface area contributed by atoms with E-state index >= 15 is 0 Å². The number of fused-ring (bicyclic) bond motifs is 1. The molecule has 2 aliphatic heterocycles. The highest BCUT2D eigenvalue weighted by Gasteiger charge is 2.46. The molecule has 4 heteroatoms. The van der Waals surface area contributed by atoms with Gasteiger partial charge in [-0.25, -0.2) is 4.79 Å². The highest BCUT2D eigenvalue weighted by Crippen LogP contribution is 2.37. The van der Waals surface area contributed by atoms with Crippen molar-refractivity contribution in [3.63, 3.8) is 0 Å². The summed E-state index contributed by atoms with van der Waals surface area (Å²) in [5.74, 6) is 2.50. The maximum atomic E-state index is 10.9. The van der Waals surface area contributed by atoms with E-state index in [-0.39, 0.29) is 11.3 Å². The molecule has 0 radical (unpaired) electrons. The second-order valence-electron chi connectivity index (χ2n) is 2.24. The van der Waals surface area contributed by atoms with Gasteiger partial charge in [0, 0.05) is 12.3 Å². The zero-order valence-corrected chi connectivity index (χ0v) is 5.98. The molecule has 10 heavy (non-hydrogen) atoms. The van der Waals surface area contributed by atoms with E-state index in [0.29, 0.717) is 5.57 Å². The second kappa shape index (κ2) is 1.87. The Bertz CT molecular complexity index is 244. The topological polar surface area (TPSA) is 37.4 Å². The normalized spacial score (nSPS) is 29.6. The van der Waals surface area contributed by atoms with Crippen LogP contribution >= 0.6 is 11.8 Å². The van der Waals surface area contributed by atoms with Crippen LogP contribution in [-0.4, -0.2) is 34.4 Å². The van der Waals surface area contributed by atoms with Crippen LogP contribution in [0.3, 0.4) is 0 Å². The van der Waals surface area contributed by atoms with Gasteiger partial charge >= 0.3 is 0 Å². The van der Waals surface area contributed by atoms with Crippen molar-refractivity contribution >= 4 is 23.6 Å². The smallest absolute Gasteiger partial charge is 0.265 e. The molecule has 0 N–H and O–H groups in total. The molecule has 52 valence electrons. The van der Waals surface area contributed by atoms with Crippen molar-refractivity contribution in [2.24, 2.45) is 0 Å². The van der Waals surface area contributed by atoms with Crippen molar-refractivity contribution in [3.05, 3.63) is 5.57 Å². The summed E-state index contributed by atoms with van der Waals surface area (Å²) < 4.78 is 0. The van der Waals surface area contributed by atoms with Crippen LogP contribution in [0.2, 0.25) is 0 Å². The fourth-order valence-electron chi connectivity index (χ4n) is 1.21. The van der Waals surface area contributed by atoms with Crippen molar-refractivity contribution in [3.8, 4) is 0 Å². The van der Waals surface area contributed by atoms with Gasteiger partial charge in [-0.2, -0.15) is 0 Å². The van der Waals surface area contributed by atoms with Gasteiger partial charge in [0.15, 0.2) is 0 Å². The molecule has 2 saturated heterocycles. The van der Waals surface area contributed by atoms with Gasteiger partial charge in [0.05, 0.1) is 0 Å². The first-order valence-corrected chi connectivity index (χ1v) is 4.07. The summed E-state index contributed by atoms with van der Waals surface area (Å²) in [7, 11) is 0. The largest absolute Gasteiger partial charge is 0.320 e. The number of rotatable bonds is 0. The zero-order valence-electron chi connectivity index (χ0n) is 5.16. The highest BCUT2D eigenvalue weighted by atomic mass is 32.2. The van der Waals surface area contributed by atoms with Crippen LogP contribution in [0.15, 0.2) is 5.57 Å². The number of β-lactam (4-membered cyclic amide) rings is 1. The van der Waals surface area contributed by atoms with Crippen molar-refractivity contribution < 1.29 is 9.59 Å². The van der Waals surface area contributed by atoms with E-state index in [4.69, 9.17) is 0 Å². The van der Waals surface area contributed by atoms with Gasteiger partial charge in [0.25, 0.3) is 5.91 Å². The highest BCUT2D eigenvalue weighted by molar-refractivity contribution is 8.00. The summed E-state index contributed by atoms with van der Waals surface area (Å²) in [5, 5.41) is 0.0463. The van der Waals surface area contributed by atoms with Gasteiger partial charge in [-0.1, -0.05) is 0 Å². The monoisotopic (exact) mass is 155 g/mol. The molecule has 2 fully saturated rings. The molecule has 0 aromatic carbocycles. The summed E-state index contributed by atoms with van der Waals surface area (Å²) in [6.07, 6.45) is 0. The lowest BCUT2D eigenvalue weighted by atomic mass is 10.1. The molecule has 2 rings (SSSR count). The van der Waals surface area contributed by atoms with Gasteiger partial charge in [0.2, 0.25) is 0 Å². The summed E-state index contributed by atoms with van der Waals surface area (Å²) >= 11 is 1.63. The van der Waals surface area contributed by atoms with Crippen LogP contribution in [0.5, 0.6) is 0 Å². The number of carbonyl (C=O) groups excluding carboxylic acids is 2. The van der Waals surface area contributed by atoms with E-state index < -0.39 is 0 Å². The van der Waals surface area contributed by atoms with Crippen LogP contribution < -0.4 is 0 Å². The number of thioether (sulfide) groups is 1. The third-order valence-electron chi connectivity index (χ3n) is 1.74. The Hall–Kier alpha value is -0.730. The first-order chi connectivity index (χ1) is 4.84. The SMILES string of the molecule is O=C=C1C(=O)N2CCS[C@@H]12. The summed E-state index contributed by atoms with van der Waals surface area (Å²) in [4.78, 5) is 22.7. The Morgan fingerprint density at radius 2 is 2.50 bits per heavy atom. The minimum Gasteiger partial charge on any atom is -0.320 e. The Balaban J connectivity index is 2.31. The summed E-state index contributed by atoms with van der Waals surface area (Å²) in [6.45, 7) is 0.791. The zero-order chi connectivity index (χ0) is 7.14. The predicted molar refractivity (Wildman–Crippen MR) is 37.2 cm³/mol. The van der Waals surface area contributed by atoms with Gasteiger partial charge in [-0.3, -0.25) is 4.79 Å². The number of carbonyl (C=O) groups is 1. The van der Waals surface area contributed by atoms with Gasteiger partial charge in [-0.05, 0) is 0 Å². The van der Waals surface area contributed by atoms with Gasteiger partial charge in [-0.15, -0.1) is 11.8 Å². The lowest BCUT2D eigenvalue weighted by molar-refractivity contribution is -0.132. The van der Waals surface area contributed by atoms with E-state index in [2.05, 4.69) is 0 Å². The lowest BCUT2D eigenvalue weighted by Gasteiger charge is -2.33. The summed E-state index contributed by atoms with van der Waals surface area (Å²) in [5.41, 5.74) is 0.322. The van der Waals surface area contributed by atoms with E-state index in [1.54, 1.807) is 22.6 Å². The standard InChI is InChI=1S/C6H5NO2S/c8-3-4-5(9)7-1-2-10-6(4)7/h6H,1-2H2/t6-/m0/s1. The summed E-state index contributed by atoms with van der Waals surface area (Å²) in [6, 6.07) is 0. The van der Waals surface area contributed by atoms with Crippen molar-refractivity contribution in [1.82, 2.24) is 4.90 Å². The number of amides is 1. The van der Waals surface area contributed by atoms with Gasteiger partial charge < -0.3 is 4.90 Å². The molecular formula is C6H5NO2S. The molecule has 0 bridgehead atoms. The van der Waals surface area contributed by atoms with Crippen LogP contribution in [-0.2, 0) is 9.59 Å². The molecule has 0 aromatic rings. The molecule has 0 aliphatic carbocycles. The third kappa shape index (κ3) is 0.528. The second-order valence-corrected chi connectivity index (χ2v) is 3.43. The predicted octanol–water partition coefficient (Wildman–Crippen LogP) is -0.341. The average Bonchev–Trinajstić information content (AvgIpc) is 2.33. The molecule has 2 heterocycles. The molecule has 0 aromatic heterocycles. The van der Waals surface area contributed by atoms with Crippen LogP contribution in [0.4, 0.5) is 0 Å². The fourth-order valence-corrected chi connectivity index (χ4v) is 2.43. The van der Waals surface area contributed by atoms with Crippen molar-refractivity contribution in [1.29, 1.82) is 0 Å². The average molecular weight is 155 g/mol. The van der Waals surface area contributed by atoms with Crippen LogP contribution in [0, 0.1) is 0 Å². The Morgan fingerprint density at radius 1 is 1.70 bits per heavy atom. The van der Waals surface area contributed by atoms with Crippen LogP contribution in [0.1, 0.15) is 0 Å². The first kappa shape index (κ1) is 6.01. The van der Waals surface area contributed by atoms with Crippen LogP contribution in [0.25, 0.3) is 0 Å². The Kier molecular flexibility index (Phi) is 1.13. The van der Waals surface area contributed by atoms with E-state index in [1.165, 1.54) is 0 Å². The third-order valence-corrected chi connectivity index (χ3v) is 2.96. The molecule has 0 unspecified atom stereocenters. The minimum atomic E-state index is -0.120. The Labute approximate surface area is 62.1 Å². The minimum absolute atomic E-state index is 0.0463. The van der Waals surface area contributed by atoms with E-state index in [0.717, 1.165) is 12.3 Å². The molecular weight excluding hydrogens is 150 g/mol. The molecule has 0 spiro atoms. The number of hydrogen-bond donors (Lipinski definition) is 0. The first-order valence-electron chi connectivity index (χ1n) is 3.02. The molecule has 3 nitrogen and oxygen atoms in total. The Morgan fingerprint density at radius 3 is 3.20 bits per heavy atom. The fraction of sp³-hybridized carbons (Fsp3) is 0.500. The number of hydrogen-bond acceptors (Lipinski definition) is 3. The van der Waals surface area contributed by atoms with Crippen molar-refractivity contribution in [2.45, 2.75) is 5.37 Å². The lowest BCUT2D eigenvalue weighted by Crippen LogP contribution is -2.50. The quantitative estimate of drug-likeness (QED) is 0.273. The molecule has 1 amide bonds. The molecule has 2 aliphatic rings. The maximum Gasteiger partial charge on any atom is 0.265 e. The molecule has 1 atom stereocenters. The van der Waals surface area contributed by atoms with E-state index in [1.807, 2.05) is 0 Å². The van der Waals surface area contributed by atoms with Crippen molar-refractivity contribution in [2.75, 3.05) is 12.3 Å².